The summed E-state index contributed by atoms with van der Waals surface area (Å²) in [5.74, 6) is -0.00917. The second-order valence-corrected chi connectivity index (χ2v) is 4.92. The highest BCUT2D eigenvalue weighted by molar-refractivity contribution is 8.02. The van der Waals surface area contributed by atoms with Crippen molar-refractivity contribution >= 4 is 29.0 Å². The van der Waals surface area contributed by atoms with E-state index in [-0.39, 0.29) is 11.2 Å². The average Bonchev–Trinajstić information content (AvgIpc) is 2.66. The molecule has 76 valence electrons. The number of thioether (sulfide) groups is 1. The normalized spacial score (nSPS) is 12.1. The SMILES string of the molecule is C=CCNC(=O)[C@H](C)Sc1nncs1. The fourth-order valence-corrected chi connectivity index (χ4v) is 2.39. The molecule has 0 aliphatic carbocycles. The molecule has 0 aliphatic heterocycles. The van der Waals surface area contributed by atoms with Gasteiger partial charge in [-0.1, -0.05) is 29.2 Å². The molecule has 0 spiro atoms. The first kappa shape index (κ1) is 11.2. The van der Waals surface area contributed by atoms with Gasteiger partial charge < -0.3 is 5.32 Å². The summed E-state index contributed by atoms with van der Waals surface area (Å²) in [7, 11) is 0. The van der Waals surface area contributed by atoms with Crippen molar-refractivity contribution in [3.05, 3.63) is 18.2 Å². The van der Waals surface area contributed by atoms with Gasteiger partial charge in [0.05, 0.1) is 5.25 Å². The van der Waals surface area contributed by atoms with Gasteiger partial charge in [0, 0.05) is 6.54 Å². The lowest BCUT2D eigenvalue weighted by atomic mass is 10.4. The minimum atomic E-state index is -0.150. The number of rotatable bonds is 5. The van der Waals surface area contributed by atoms with Gasteiger partial charge in [-0.2, -0.15) is 0 Å². The van der Waals surface area contributed by atoms with Crippen molar-refractivity contribution in [2.24, 2.45) is 0 Å². The molecule has 0 saturated carbocycles. The largest absolute Gasteiger partial charge is 0.352 e. The van der Waals surface area contributed by atoms with E-state index in [1.165, 1.54) is 23.1 Å². The molecule has 4 nitrogen and oxygen atoms in total. The maximum atomic E-state index is 11.4. The number of hydrogen-bond donors (Lipinski definition) is 1. The van der Waals surface area contributed by atoms with Crippen LogP contribution in [-0.2, 0) is 4.79 Å². The van der Waals surface area contributed by atoms with Crippen LogP contribution in [0, 0.1) is 0 Å². The van der Waals surface area contributed by atoms with Crippen LogP contribution in [0.1, 0.15) is 6.92 Å². The number of nitrogens with one attached hydrogen (secondary N) is 1. The Morgan fingerprint density at radius 2 is 2.71 bits per heavy atom. The highest BCUT2D eigenvalue weighted by Crippen LogP contribution is 2.23. The first-order valence-electron chi connectivity index (χ1n) is 4.05. The quantitative estimate of drug-likeness (QED) is 0.611. The van der Waals surface area contributed by atoms with Crippen molar-refractivity contribution in [1.82, 2.24) is 15.5 Å². The number of hydrogen-bond acceptors (Lipinski definition) is 5. The van der Waals surface area contributed by atoms with Crippen LogP contribution in [-0.4, -0.2) is 27.9 Å². The Morgan fingerprint density at radius 1 is 1.93 bits per heavy atom. The standard InChI is InChI=1S/C8H11N3OS2/c1-3-4-9-7(12)6(2)14-8-11-10-5-13-8/h3,5-6H,1,4H2,2H3,(H,9,12)/t6-/m0/s1. The van der Waals surface area contributed by atoms with E-state index < -0.39 is 0 Å². The molecule has 14 heavy (non-hydrogen) atoms. The monoisotopic (exact) mass is 229 g/mol. The van der Waals surface area contributed by atoms with Crippen LogP contribution in [0.25, 0.3) is 0 Å². The maximum Gasteiger partial charge on any atom is 0.233 e. The van der Waals surface area contributed by atoms with Crippen LogP contribution >= 0.6 is 23.1 Å². The molecule has 1 amide bonds. The predicted octanol–water partition coefficient (Wildman–Crippen LogP) is 1.32. The molecule has 1 rings (SSSR count). The zero-order valence-electron chi connectivity index (χ0n) is 7.77. The van der Waals surface area contributed by atoms with Gasteiger partial charge in [0.2, 0.25) is 5.91 Å². The molecule has 1 aromatic rings. The predicted molar refractivity (Wildman–Crippen MR) is 58.4 cm³/mol. The van der Waals surface area contributed by atoms with Crippen LogP contribution in [0.5, 0.6) is 0 Å². The Bertz CT molecular complexity index is 300. The molecular weight excluding hydrogens is 218 g/mol. The molecule has 0 fully saturated rings. The highest BCUT2D eigenvalue weighted by Gasteiger charge is 2.14. The van der Waals surface area contributed by atoms with E-state index in [1.54, 1.807) is 11.6 Å². The van der Waals surface area contributed by atoms with Crippen molar-refractivity contribution < 1.29 is 4.79 Å². The number of aromatic nitrogens is 2. The van der Waals surface area contributed by atoms with Crippen LogP contribution < -0.4 is 5.32 Å². The first-order valence-corrected chi connectivity index (χ1v) is 5.81. The summed E-state index contributed by atoms with van der Waals surface area (Å²) in [6.45, 7) is 5.86. The number of carbonyl (C=O) groups excluding carboxylic acids is 1. The number of nitrogens with zero attached hydrogens (tertiary/aromatic N) is 2. The van der Waals surface area contributed by atoms with E-state index in [0.29, 0.717) is 6.54 Å². The van der Waals surface area contributed by atoms with Crippen LogP contribution in [0.3, 0.4) is 0 Å². The zero-order valence-corrected chi connectivity index (χ0v) is 9.40. The number of amides is 1. The summed E-state index contributed by atoms with van der Waals surface area (Å²) < 4.78 is 0.811. The third-order valence-corrected chi connectivity index (χ3v) is 3.32. The van der Waals surface area contributed by atoms with Gasteiger partial charge in [-0.15, -0.1) is 16.8 Å². The first-order chi connectivity index (χ1) is 6.74. The third-order valence-electron chi connectivity index (χ3n) is 1.41. The fraction of sp³-hybridized carbons (Fsp3) is 0.375. The van der Waals surface area contributed by atoms with E-state index >= 15 is 0 Å². The van der Waals surface area contributed by atoms with Crippen molar-refractivity contribution in [2.45, 2.75) is 16.5 Å². The number of carbonyl (C=O) groups is 1. The van der Waals surface area contributed by atoms with E-state index in [0.717, 1.165) is 4.34 Å². The average molecular weight is 229 g/mol. The van der Waals surface area contributed by atoms with Gasteiger partial charge in [-0.25, -0.2) is 0 Å². The summed E-state index contributed by atoms with van der Waals surface area (Å²) >= 11 is 2.84. The van der Waals surface area contributed by atoms with E-state index in [9.17, 15) is 4.79 Å². The molecule has 1 aromatic heterocycles. The molecule has 0 bridgehead atoms. The van der Waals surface area contributed by atoms with Crippen LogP contribution in [0.2, 0.25) is 0 Å². The molecule has 1 atom stereocenters. The maximum absolute atomic E-state index is 11.4. The molecule has 1 N–H and O–H groups in total. The third kappa shape index (κ3) is 3.47. The molecule has 0 aromatic carbocycles. The molecule has 1 heterocycles. The summed E-state index contributed by atoms with van der Waals surface area (Å²) in [5.41, 5.74) is 1.65. The zero-order chi connectivity index (χ0) is 10.4. The second-order valence-electron chi connectivity index (χ2n) is 2.50. The molecule has 0 aliphatic rings. The molecule has 0 unspecified atom stereocenters. The van der Waals surface area contributed by atoms with Gasteiger partial charge >= 0.3 is 0 Å². The highest BCUT2D eigenvalue weighted by atomic mass is 32.2. The van der Waals surface area contributed by atoms with Gasteiger partial charge in [0.25, 0.3) is 0 Å². The Morgan fingerprint density at radius 3 is 3.29 bits per heavy atom. The Balaban J connectivity index is 2.37. The molecular formula is C8H11N3OS2. The molecule has 0 saturated heterocycles. The van der Waals surface area contributed by atoms with E-state index in [1.807, 2.05) is 6.92 Å². The lowest BCUT2D eigenvalue weighted by Crippen LogP contribution is -2.30. The molecule has 0 radical (unpaired) electrons. The minimum Gasteiger partial charge on any atom is -0.352 e. The smallest absolute Gasteiger partial charge is 0.233 e. The second kappa shape index (κ2) is 5.77. The van der Waals surface area contributed by atoms with Crippen molar-refractivity contribution in [3.8, 4) is 0 Å². The van der Waals surface area contributed by atoms with Crippen molar-refractivity contribution in [2.75, 3.05) is 6.54 Å². The summed E-state index contributed by atoms with van der Waals surface area (Å²) in [6, 6.07) is 0. The topological polar surface area (TPSA) is 54.9 Å². The summed E-state index contributed by atoms with van der Waals surface area (Å²) in [6.07, 6.45) is 1.65. The van der Waals surface area contributed by atoms with Gasteiger partial charge in [0.1, 0.15) is 5.51 Å². The lowest BCUT2D eigenvalue weighted by molar-refractivity contribution is -0.120. The van der Waals surface area contributed by atoms with Gasteiger partial charge in [-0.3, -0.25) is 4.79 Å². The summed E-state index contributed by atoms with van der Waals surface area (Å²) in [5, 5.41) is 10.1. The van der Waals surface area contributed by atoms with Crippen molar-refractivity contribution in [1.29, 1.82) is 0 Å². The van der Waals surface area contributed by atoms with Gasteiger partial charge in [-0.05, 0) is 6.92 Å². The Hall–Kier alpha value is -0.880. The Kier molecular flexibility index (Phi) is 4.61. The van der Waals surface area contributed by atoms with Gasteiger partial charge in [0.15, 0.2) is 4.34 Å². The van der Waals surface area contributed by atoms with Crippen LogP contribution in [0.15, 0.2) is 22.5 Å². The van der Waals surface area contributed by atoms with E-state index in [4.69, 9.17) is 0 Å². The van der Waals surface area contributed by atoms with E-state index in [2.05, 4.69) is 22.1 Å². The summed E-state index contributed by atoms with van der Waals surface area (Å²) in [4.78, 5) is 11.4. The van der Waals surface area contributed by atoms with Crippen LogP contribution in [0.4, 0.5) is 0 Å². The fourth-order valence-electron chi connectivity index (χ4n) is 0.736. The Labute approximate surface area is 90.8 Å². The van der Waals surface area contributed by atoms with Crippen molar-refractivity contribution in [3.63, 3.8) is 0 Å². The lowest BCUT2D eigenvalue weighted by Gasteiger charge is -2.07. The minimum absolute atomic E-state index is 0.00917. The molecule has 6 heteroatoms.